The first-order chi connectivity index (χ1) is 15.3. The fourth-order valence-electron chi connectivity index (χ4n) is 3.01. The van der Waals surface area contributed by atoms with E-state index in [9.17, 15) is 26.4 Å². The predicted molar refractivity (Wildman–Crippen MR) is 115 cm³/mol. The fraction of sp³-hybridized carbons (Fsp3) is 0.174. The van der Waals surface area contributed by atoms with Gasteiger partial charge in [-0.1, -0.05) is 12.1 Å². The maximum atomic E-state index is 13.3. The Morgan fingerprint density at radius 2 is 1.28 bits per heavy atom. The van der Waals surface area contributed by atoms with Crippen LogP contribution in [-0.4, -0.2) is 27.4 Å². The van der Waals surface area contributed by atoms with E-state index < -0.39 is 34.1 Å². The zero-order valence-electron chi connectivity index (χ0n) is 17.0. The molecule has 0 spiro atoms. The summed E-state index contributed by atoms with van der Waals surface area (Å²) < 4.78 is 66.6. The van der Waals surface area contributed by atoms with Crippen molar-refractivity contribution in [3.8, 4) is 0 Å². The third kappa shape index (κ3) is 6.10. The van der Waals surface area contributed by atoms with Crippen LogP contribution in [0.3, 0.4) is 0 Å². The second-order valence-electron chi connectivity index (χ2n) is 7.02. The number of sulfonamides is 1. The summed E-state index contributed by atoms with van der Waals surface area (Å²) in [5.41, 5.74) is 1.00. The standard InChI is InChI=1S/C23H21F3N2O3S/c24-18-5-3-17(4-6-18)2-1-15-27-23(29)16-28(21-11-7-19(25)8-12-21)32(30,31)22-13-9-20(26)10-14-22/h3-14H,1-2,15-16H2,(H,27,29). The number of nitrogens with one attached hydrogen (secondary N) is 1. The normalized spacial score (nSPS) is 11.2. The number of carbonyl (C=O) groups is 1. The van der Waals surface area contributed by atoms with Crippen molar-refractivity contribution in [2.24, 2.45) is 0 Å². The van der Waals surface area contributed by atoms with Crippen LogP contribution in [0.5, 0.6) is 0 Å². The Balaban J connectivity index is 1.69. The Bertz CT molecular complexity index is 1150. The predicted octanol–water partition coefficient (Wildman–Crippen LogP) is 4.05. The first kappa shape index (κ1) is 23.3. The molecule has 5 nitrogen and oxygen atoms in total. The van der Waals surface area contributed by atoms with Gasteiger partial charge in [0.15, 0.2) is 0 Å². The molecule has 0 aliphatic rings. The summed E-state index contributed by atoms with van der Waals surface area (Å²) in [6.07, 6.45) is 1.18. The molecule has 1 amide bonds. The SMILES string of the molecule is O=C(CN(c1ccc(F)cc1)S(=O)(=O)c1ccc(F)cc1)NCCCc1ccc(F)cc1. The average Bonchev–Trinajstić information content (AvgIpc) is 2.77. The second-order valence-corrected chi connectivity index (χ2v) is 8.88. The highest BCUT2D eigenvalue weighted by Crippen LogP contribution is 2.24. The van der Waals surface area contributed by atoms with Crippen molar-refractivity contribution in [1.29, 1.82) is 0 Å². The molecule has 0 aliphatic carbocycles. The van der Waals surface area contributed by atoms with E-state index in [1.807, 2.05) is 0 Å². The number of benzene rings is 3. The zero-order valence-corrected chi connectivity index (χ0v) is 17.8. The van der Waals surface area contributed by atoms with Gasteiger partial charge in [-0.15, -0.1) is 0 Å². The molecule has 0 saturated heterocycles. The Morgan fingerprint density at radius 3 is 1.84 bits per heavy atom. The van der Waals surface area contributed by atoms with Crippen molar-refractivity contribution in [2.45, 2.75) is 17.7 Å². The lowest BCUT2D eigenvalue weighted by Gasteiger charge is -2.24. The Labute approximate surface area is 184 Å². The lowest BCUT2D eigenvalue weighted by Crippen LogP contribution is -2.41. The molecule has 168 valence electrons. The van der Waals surface area contributed by atoms with Crippen LogP contribution in [0.1, 0.15) is 12.0 Å². The highest BCUT2D eigenvalue weighted by Gasteiger charge is 2.27. The molecule has 1 N–H and O–H groups in total. The van der Waals surface area contributed by atoms with Crippen LogP contribution < -0.4 is 9.62 Å². The lowest BCUT2D eigenvalue weighted by molar-refractivity contribution is -0.119. The number of nitrogens with zero attached hydrogens (tertiary/aromatic N) is 1. The van der Waals surface area contributed by atoms with Crippen molar-refractivity contribution < 1.29 is 26.4 Å². The van der Waals surface area contributed by atoms with Gasteiger partial charge in [-0.25, -0.2) is 21.6 Å². The number of rotatable bonds is 9. The molecule has 3 aromatic rings. The fourth-order valence-corrected chi connectivity index (χ4v) is 4.43. The van der Waals surface area contributed by atoms with E-state index in [1.54, 1.807) is 12.1 Å². The third-order valence-corrected chi connectivity index (χ3v) is 6.47. The number of halogens is 3. The van der Waals surface area contributed by atoms with E-state index in [2.05, 4.69) is 5.32 Å². The van der Waals surface area contributed by atoms with Crippen LogP contribution in [0, 0.1) is 17.5 Å². The van der Waals surface area contributed by atoms with Gasteiger partial charge in [0.2, 0.25) is 5.91 Å². The van der Waals surface area contributed by atoms with Gasteiger partial charge in [0.25, 0.3) is 10.0 Å². The maximum absolute atomic E-state index is 13.3. The highest BCUT2D eigenvalue weighted by molar-refractivity contribution is 7.92. The van der Waals surface area contributed by atoms with Gasteiger partial charge in [0.05, 0.1) is 10.6 Å². The van der Waals surface area contributed by atoms with Gasteiger partial charge in [0, 0.05) is 6.54 Å². The number of amides is 1. The Morgan fingerprint density at radius 1 is 0.781 bits per heavy atom. The van der Waals surface area contributed by atoms with E-state index in [0.717, 1.165) is 46.3 Å². The van der Waals surface area contributed by atoms with Crippen LogP contribution in [0.25, 0.3) is 0 Å². The first-order valence-electron chi connectivity index (χ1n) is 9.81. The van der Waals surface area contributed by atoms with Gasteiger partial charge in [-0.3, -0.25) is 9.10 Å². The van der Waals surface area contributed by atoms with Crippen molar-refractivity contribution in [3.05, 3.63) is 95.8 Å². The molecule has 9 heteroatoms. The minimum absolute atomic E-state index is 0.0946. The summed E-state index contributed by atoms with van der Waals surface area (Å²) in [6.45, 7) is -0.258. The van der Waals surface area contributed by atoms with Crippen LogP contribution in [0.4, 0.5) is 18.9 Å². The highest BCUT2D eigenvalue weighted by atomic mass is 32.2. The molecule has 3 rings (SSSR count). The van der Waals surface area contributed by atoms with E-state index >= 15 is 0 Å². The van der Waals surface area contributed by atoms with E-state index in [-0.39, 0.29) is 22.9 Å². The third-order valence-electron chi connectivity index (χ3n) is 4.68. The lowest BCUT2D eigenvalue weighted by atomic mass is 10.1. The largest absolute Gasteiger partial charge is 0.355 e. The Hall–Kier alpha value is -3.33. The number of anilines is 1. The summed E-state index contributed by atoms with van der Waals surface area (Å²) in [5.74, 6) is -2.04. The van der Waals surface area contributed by atoms with Gasteiger partial charge in [-0.05, 0) is 79.1 Å². The van der Waals surface area contributed by atoms with Gasteiger partial charge >= 0.3 is 0 Å². The van der Waals surface area contributed by atoms with Crippen molar-refractivity contribution in [1.82, 2.24) is 5.32 Å². The summed E-state index contributed by atoms with van der Waals surface area (Å²) >= 11 is 0. The van der Waals surface area contributed by atoms with Gasteiger partial charge in [0.1, 0.15) is 24.0 Å². The number of hydrogen-bond acceptors (Lipinski definition) is 3. The minimum Gasteiger partial charge on any atom is -0.355 e. The zero-order chi connectivity index (χ0) is 23.1. The molecule has 0 aliphatic heterocycles. The molecule has 0 fully saturated rings. The van der Waals surface area contributed by atoms with Crippen LogP contribution in [0.2, 0.25) is 0 Å². The van der Waals surface area contributed by atoms with Crippen molar-refractivity contribution in [3.63, 3.8) is 0 Å². The van der Waals surface area contributed by atoms with Crippen LogP contribution >= 0.6 is 0 Å². The molecular formula is C23H21F3N2O3S. The Kier molecular flexibility index (Phi) is 7.53. The molecule has 0 saturated carbocycles. The summed E-state index contributed by atoms with van der Waals surface area (Å²) in [4.78, 5) is 12.3. The van der Waals surface area contributed by atoms with E-state index in [4.69, 9.17) is 0 Å². The number of hydrogen-bond donors (Lipinski definition) is 1. The van der Waals surface area contributed by atoms with Crippen LogP contribution in [0.15, 0.2) is 77.7 Å². The number of aryl methyl sites for hydroxylation is 1. The van der Waals surface area contributed by atoms with E-state index in [0.29, 0.717) is 12.8 Å². The molecule has 0 atom stereocenters. The summed E-state index contributed by atoms with van der Waals surface area (Å²) in [5, 5.41) is 2.66. The van der Waals surface area contributed by atoms with Gasteiger partial charge in [-0.2, -0.15) is 0 Å². The molecular weight excluding hydrogens is 441 g/mol. The molecule has 0 radical (unpaired) electrons. The van der Waals surface area contributed by atoms with E-state index in [1.165, 1.54) is 24.3 Å². The molecule has 0 aromatic heterocycles. The number of carbonyl (C=O) groups excluding carboxylic acids is 1. The maximum Gasteiger partial charge on any atom is 0.264 e. The second kappa shape index (κ2) is 10.3. The van der Waals surface area contributed by atoms with Crippen molar-refractivity contribution in [2.75, 3.05) is 17.4 Å². The van der Waals surface area contributed by atoms with Crippen molar-refractivity contribution >= 4 is 21.6 Å². The first-order valence-corrected chi connectivity index (χ1v) is 11.2. The molecule has 0 bridgehead atoms. The summed E-state index contributed by atoms with van der Waals surface area (Å²) in [7, 11) is -4.21. The summed E-state index contributed by atoms with van der Waals surface area (Å²) in [6, 6.07) is 14.9. The minimum atomic E-state index is -4.21. The average molecular weight is 462 g/mol. The molecule has 0 unspecified atom stereocenters. The topological polar surface area (TPSA) is 66.5 Å². The monoisotopic (exact) mass is 462 g/mol. The molecule has 0 heterocycles. The van der Waals surface area contributed by atoms with Crippen LogP contribution in [-0.2, 0) is 21.2 Å². The smallest absolute Gasteiger partial charge is 0.264 e. The quantitative estimate of drug-likeness (QED) is 0.488. The molecule has 3 aromatic carbocycles. The molecule has 32 heavy (non-hydrogen) atoms. The van der Waals surface area contributed by atoms with Gasteiger partial charge < -0.3 is 5.32 Å².